The van der Waals surface area contributed by atoms with Crippen molar-refractivity contribution in [1.82, 2.24) is 10.4 Å². The summed E-state index contributed by atoms with van der Waals surface area (Å²) in [7, 11) is 0. The van der Waals surface area contributed by atoms with Crippen molar-refractivity contribution in [3.63, 3.8) is 0 Å². The molecule has 110 valence electrons. The molecular weight excluding hydrogens is 330 g/mol. The van der Waals surface area contributed by atoms with E-state index >= 15 is 0 Å². The van der Waals surface area contributed by atoms with Gasteiger partial charge in [-0.1, -0.05) is 24.3 Å². The highest BCUT2D eigenvalue weighted by Gasteiger charge is 2.28. The Hall–Kier alpha value is -1.27. The van der Waals surface area contributed by atoms with E-state index < -0.39 is 0 Å². The van der Waals surface area contributed by atoms with Crippen LogP contribution in [0.2, 0.25) is 0 Å². The fourth-order valence-electron chi connectivity index (χ4n) is 2.83. The Morgan fingerprint density at radius 2 is 2.24 bits per heavy atom. The second kappa shape index (κ2) is 6.66. The molecule has 1 aromatic heterocycles. The van der Waals surface area contributed by atoms with Gasteiger partial charge in [-0.25, -0.2) is 0 Å². The zero-order valence-corrected chi connectivity index (χ0v) is 13.2. The van der Waals surface area contributed by atoms with Crippen molar-refractivity contribution < 1.29 is 4.74 Å². The Morgan fingerprint density at radius 3 is 3.05 bits per heavy atom. The van der Waals surface area contributed by atoms with E-state index in [9.17, 15) is 0 Å². The fraction of sp³-hybridized carbons (Fsp3) is 0.312. The largest absolute Gasteiger partial charge is 0.371 e. The molecule has 2 aromatic rings. The Bertz CT molecular complexity index is 620. The molecule has 0 radical (unpaired) electrons. The van der Waals surface area contributed by atoms with Gasteiger partial charge < -0.3 is 4.74 Å². The minimum Gasteiger partial charge on any atom is -0.371 e. The second-order valence-corrected chi connectivity index (χ2v) is 6.14. The first-order chi connectivity index (χ1) is 10.3. The Balaban J connectivity index is 1.84. The van der Waals surface area contributed by atoms with E-state index in [2.05, 4.69) is 56.7 Å². The van der Waals surface area contributed by atoms with E-state index in [0.717, 1.165) is 29.5 Å². The van der Waals surface area contributed by atoms with Crippen LogP contribution in [0, 0.1) is 0 Å². The molecule has 1 aromatic carbocycles. The summed E-state index contributed by atoms with van der Waals surface area (Å²) in [6.07, 6.45) is 5.34. The van der Waals surface area contributed by atoms with E-state index in [4.69, 9.17) is 10.6 Å². The van der Waals surface area contributed by atoms with Crippen LogP contribution in [0.1, 0.15) is 22.8 Å². The van der Waals surface area contributed by atoms with Gasteiger partial charge in [0.1, 0.15) is 0 Å². The molecule has 21 heavy (non-hydrogen) atoms. The van der Waals surface area contributed by atoms with Crippen LogP contribution < -0.4 is 11.3 Å². The zero-order chi connectivity index (χ0) is 14.7. The summed E-state index contributed by atoms with van der Waals surface area (Å²) < 4.78 is 6.96. The van der Waals surface area contributed by atoms with Crippen LogP contribution >= 0.6 is 15.9 Å². The third-order valence-corrected chi connectivity index (χ3v) is 4.26. The smallest absolute Gasteiger partial charge is 0.0997 e. The lowest BCUT2D eigenvalue weighted by Gasteiger charge is -2.32. The molecule has 1 aliphatic heterocycles. The van der Waals surface area contributed by atoms with Crippen LogP contribution in [0.15, 0.2) is 47.2 Å². The van der Waals surface area contributed by atoms with Crippen molar-refractivity contribution in [1.29, 1.82) is 0 Å². The molecule has 2 atom stereocenters. The zero-order valence-electron chi connectivity index (χ0n) is 11.6. The van der Waals surface area contributed by atoms with Gasteiger partial charge >= 0.3 is 0 Å². The number of ether oxygens (including phenoxy) is 1. The Kier molecular flexibility index (Phi) is 4.65. The third-order valence-electron chi connectivity index (χ3n) is 3.83. The predicted octanol–water partition coefficient (Wildman–Crippen LogP) is 2.53. The normalized spacial score (nSPS) is 19.0. The number of hydrogen-bond donors (Lipinski definition) is 2. The Labute approximate surface area is 132 Å². The van der Waals surface area contributed by atoms with Crippen molar-refractivity contribution >= 4 is 15.9 Å². The molecule has 0 fully saturated rings. The average molecular weight is 348 g/mol. The molecule has 0 saturated carbocycles. The molecule has 4 nitrogen and oxygen atoms in total. The minimum atomic E-state index is -0.0288. The van der Waals surface area contributed by atoms with Crippen LogP contribution in [0.5, 0.6) is 0 Å². The fourth-order valence-corrected chi connectivity index (χ4v) is 3.24. The lowest BCUT2D eigenvalue weighted by atomic mass is 9.91. The van der Waals surface area contributed by atoms with E-state index in [1.807, 2.05) is 6.20 Å². The molecular formula is C16H18BrN3O. The van der Waals surface area contributed by atoms with E-state index in [1.165, 1.54) is 11.1 Å². The van der Waals surface area contributed by atoms with Crippen LogP contribution in [-0.4, -0.2) is 17.6 Å². The quantitative estimate of drug-likeness (QED) is 0.659. The molecule has 5 heteroatoms. The number of benzene rings is 1. The van der Waals surface area contributed by atoms with E-state index in [-0.39, 0.29) is 12.1 Å². The van der Waals surface area contributed by atoms with Crippen LogP contribution in [0.4, 0.5) is 0 Å². The van der Waals surface area contributed by atoms with Gasteiger partial charge in [-0.2, -0.15) is 0 Å². The van der Waals surface area contributed by atoms with Gasteiger partial charge in [-0.15, -0.1) is 0 Å². The van der Waals surface area contributed by atoms with Crippen molar-refractivity contribution in [3.8, 4) is 0 Å². The summed E-state index contributed by atoms with van der Waals surface area (Å²) in [4.78, 5) is 4.20. The Morgan fingerprint density at radius 1 is 1.38 bits per heavy atom. The highest BCUT2D eigenvalue weighted by molar-refractivity contribution is 9.10. The van der Waals surface area contributed by atoms with E-state index in [1.54, 1.807) is 6.20 Å². The molecule has 0 bridgehead atoms. The number of rotatable bonds is 4. The van der Waals surface area contributed by atoms with Gasteiger partial charge in [-0.05, 0) is 51.5 Å². The molecule has 2 unspecified atom stereocenters. The maximum Gasteiger partial charge on any atom is 0.0997 e. The first-order valence-corrected chi connectivity index (χ1v) is 7.82. The lowest BCUT2D eigenvalue weighted by molar-refractivity contribution is 0.0154. The molecule has 0 spiro atoms. The van der Waals surface area contributed by atoms with Gasteiger partial charge in [0.25, 0.3) is 0 Å². The highest BCUT2D eigenvalue weighted by Crippen LogP contribution is 2.30. The van der Waals surface area contributed by atoms with Crippen LogP contribution in [0.25, 0.3) is 0 Å². The third kappa shape index (κ3) is 3.32. The van der Waals surface area contributed by atoms with Crippen molar-refractivity contribution in [2.24, 2.45) is 5.84 Å². The minimum absolute atomic E-state index is 0.0162. The van der Waals surface area contributed by atoms with Crippen LogP contribution in [0.3, 0.4) is 0 Å². The topological polar surface area (TPSA) is 60.2 Å². The number of aromatic nitrogens is 1. The summed E-state index contributed by atoms with van der Waals surface area (Å²) in [5.74, 6) is 5.78. The van der Waals surface area contributed by atoms with Gasteiger partial charge in [0.15, 0.2) is 0 Å². The first-order valence-electron chi connectivity index (χ1n) is 7.03. The van der Waals surface area contributed by atoms with E-state index in [0.29, 0.717) is 0 Å². The molecule has 0 aliphatic carbocycles. The summed E-state index contributed by atoms with van der Waals surface area (Å²) in [5.41, 5.74) is 6.62. The highest BCUT2D eigenvalue weighted by atomic mass is 79.9. The molecule has 0 saturated heterocycles. The van der Waals surface area contributed by atoms with Crippen LogP contribution in [-0.2, 0) is 17.6 Å². The summed E-state index contributed by atoms with van der Waals surface area (Å²) >= 11 is 3.45. The molecule has 3 N–H and O–H groups in total. The monoisotopic (exact) mass is 347 g/mol. The van der Waals surface area contributed by atoms with Gasteiger partial charge in [0, 0.05) is 16.9 Å². The number of hydrogen-bond acceptors (Lipinski definition) is 4. The number of halogens is 1. The predicted molar refractivity (Wildman–Crippen MR) is 85.6 cm³/mol. The standard InChI is InChI=1S/C16H18BrN3O/c17-13-7-11(9-19-10-13)8-15(20-18)16-14-4-2-1-3-12(14)5-6-21-16/h1-4,7,9-10,15-16,20H,5-6,8,18H2. The number of pyridine rings is 1. The summed E-state index contributed by atoms with van der Waals surface area (Å²) in [5, 5.41) is 0. The van der Waals surface area contributed by atoms with Crippen molar-refractivity contribution in [2.75, 3.05) is 6.61 Å². The number of nitrogens with one attached hydrogen (secondary N) is 1. The van der Waals surface area contributed by atoms with Gasteiger partial charge in [0.05, 0.1) is 18.8 Å². The number of nitrogens with zero attached hydrogens (tertiary/aromatic N) is 1. The summed E-state index contributed by atoms with van der Waals surface area (Å²) in [6, 6.07) is 10.5. The first kappa shape index (κ1) is 14.7. The molecule has 0 amide bonds. The molecule has 1 aliphatic rings. The second-order valence-electron chi connectivity index (χ2n) is 5.23. The molecule has 2 heterocycles. The number of nitrogens with two attached hydrogens (primary N) is 1. The van der Waals surface area contributed by atoms with Crippen molar-refractivity contribution in [2.45, 2.75) is 25.0 Å². The lowest BCUT2D eigenvalue weighted by Crippen LogP contribution is -2.43. The number of hydrazine groups is 1. The summed E-state index contributed by atoms with van der Waals surface area (Å²) in [6.45, 7) is 0.733. The maximum absolute atomic E-state index is 5.99. The van der Waals surface area contributed by atoms with Crippen molar-refractivity contribution in [3.05, 3.63) is 63.9 Å². The van der Waals surface area contributed by atoms with Gasteiger partial charge in [-0.3, -0.25) is 16.3 Å². The molecule has 3 rings (SSSR count). The maximum atomic E-state index is 5.99. The SMILES string of the molecule is NNC(Cc1cncc(Br)c1)C1OCCc2ccccc21. The average Bonchev–Trinajstić information content (AvgIpc) is 2.52. The number of fused-ring (bicyclic) bond motifs is 1. The van der Waals surface area contributed by atoms with Gasteiger partial charge in [0.2, 0.25) is 0 Å².